The maximum Gasteiger partial charge on any atom is 0.371 e. The number of hydrogen-bond donors (Lipinski definition) is 2. The molecule has 1 heterocycles. The van der Waals surface area contributed by atoms with Crippen molar-refractivity contribution in [3.63, 3.8) is 0 Å². The first-order chi connectivity index (χ1) is 8.15. The quantitative estimate of drug-likeness (QED) is 0.679. The van der Waals surface area contributed by atoms with Gasteiger partial charge in [0, 0.05) is 25.3 Å². The van der Waals surface area contributed by atoms with E-state index in [1.54, 1.807) is 13.0 Å². The zero-order valence-electron chi connectivity index (χ0n) is 10.3. The average molecular weight is 241 g/mol. The van der Waals surface area contributed by atoms with Crippen LogP contribution in [0.5, 0.6) is 0 Å². The van der Waals surface area contributed by atoms with Gasteiger partial charge in [-0.15, -0.1) is 0 Å². The van der Waals surface area contributed by atoms with Gasteiger partial charge in [0.15, 0.2) is 0 Å². The molecule has 1 rings (SSSR count). The van der Waals surface area contributed by atoms with Crippen LogP contribution in [0.15, 0.2) is 10.5 Å². The van der Waals surface area contributed by atoms with Gasteiger partial charge < -0.3 is 19.6 Å². The maximum atomic E-state index is 10.7. The molecule has 0 unspecified atom stereocenters. The number of rotatable bonds is 8. The second-order valence-corrected chi connectivity index (χ2v) is 3.72. The lowest BCUT2D eigenvalue weighted by molar-refractivity contribution is 0.0661. The Balaban J connectivity index is 2.29. The minimum Gasteiger partial charge on any atom is -0.475 e. The highest BCUT2D eigenvalue weighted by Crippen LogP contribution is 2.14. The van der Waals surface area contributed by atoms with E-state index in [0.29, 0.717) is 12.3 Å². The van der Waals surface area contributed by atoms with Crippen molar-refractivity contribution < 1.29 is 19.1 Å². The lowest BCUT2D eigenvalue weighted by Gasteiger charge is -2.03. The Labute approximate surface area is 101 Å². The standard InChI is InChI=1S/C12H19NO4/c1-3-16-6-4-5-13-8-10-7-11(12(14)15)17-9(10)2/h7,13H,3-6,8H2,1-2H3,(H,14,15). The van der Waals surface area contributed by atoms with Gasteiger partial charge in [0.2, 0.25) is 5.76 Å². The van der Waals surface area contributed by atoms with Crippen LogP contribution in [-0.2, 0) is 11.3 Å². The van der Waals surface area contributed by atoms with Crippen molar-refractivity contribution in [2.24, 2.45) is 0 Å². The molecule has 5 heteroatoms. The summed E-state index contributed by atoms with van der Waals surface area (Å²) in [6.07, 6.45) is 0.941. The minimum atomic E-state index is -1.03. The normalized spacial score (nSPS) is 10.7. The Bertz CT molecular complexity index is 359. The first kappa shape index (κ1) is 13.7. The van der Waals surface area contributed by atoms with E-state index < -0.39 is 5.97 Å². The van der Waals surface area contributed by atoms with Crippen LogP contribution in [0.4, 0.5) is 0 Å². The van der Waals surface area contributed by atoms with E-state index in [-0.39, 0.29) is 5.76 Å². The third kappa shape index (κ3) is 4.58. The Morgan fingerprint density at radius 2 is 2.35 bits per heavy atom. The summed E-state index contributed by atoms with van der Waals surface area (Å²) in [6.45, 7) is 6.68. The fraction of sp³-hybridized carbons (Fsp3) is 0.583. The molecule has 0 aromatic carbocycles. The third-order valence-corrected chi connectivity index (χ3v) is 2.39. The molecule has 96 valence electrons. The molecule has 17 heavy (non-hydrogen) atoms. The molecule has 1 aromatic heterocycles. The van der Waals surface area contributed by atoms with E-state index in [9.17, 15) is 4.79 Å². The van der Waals surface area contributed by atoms with Crippen molar-refractivity contribution in [1.29, 1.82) is 0 Å². The van der Waals surface area contributed by atoms with Crippen LogP contribution in [0.3, 0.4) is 0 Å². The van der Waals surface area contributed by atoms with Gasteiger partial charge in [-0.05, 0) is 32.9 Å². The van der Waals surface area contributed by atoms with Crippen molar-refractivity contribution in [3.05, 3.63) is 23.2 Å². The van der Waals surface area contributed by atoms with E-state index in [4.69, 9.17) is 14.3 Å². The minimum absolute atomic E-state index is 0.00591. The SMILES string of the molecule is CCOCCCNCc1cc(C(=O)O)oc1C. The number of furan rings is 1. The summed E-state index contributed by atoms with van der Waals surface area (Å²) in [5.74, 6) is -0.385. The molecular weight excluding hydrogens is 222 g/mol. The van der Waals surface area contributed by atoms with Crippen molar-refractivity contribution in [2.75, 3.05) is 19.8 Å². The van der Waals surface area contributed by atoms with Crippen LogP contribution in [0.2, 0.25) is 0 Å². The molecular formula is C12H19NO4. The fourth-order valence-electron chi connectivity index (χ4n) is 1.47. The van der Waals surface area contributed by atoms with Crippen LogP contribution in [0.1, 0.15) is 35.2 Å². The summed E-state index contributed by atoms with van der Waals surface area (Å²) in [5.41, 5.74) is 0.888. The highest BCUT2D eigenvalue weighted by molar-refractivity contribution is 5.84. The Morgan fingerprint density at radius 1 is 1.59 bits per heavy atom. The number of nitrogens with one attached hydrogen (secondary N) is 1. The van der Waals surface area contributed by atoms with Crippen LogP contribution >= 0.6 is 0 Å². The van der Waals surface area contributed by atoms with Gasteiger partial charge in [0.1, 0.15) is 5.76 Å². The van der Waals surface area contributed by atoms with E-state index in [1.807, 2.05) is 6.92 Å². The van der Waals surface area contributed by atoms with Gasteiger partial charge in [-0.2, -0.15) is 0 Å². The van der Waals surface area contributed by atoms with Gasteiger partial charge in [0.05, 0.1) is 0 Å². The fourth-order valence-corrected chi connectivity index (χ4v) is 1.47. The smallest absolute Gasteiger partial charge is 0.371 e. The molecule has 2 N–H and O–H groups in total. The molecule has 0 fully saturated rings. The zero-order chi connectivity index (χ0) is 12.7. The molecule has 0 aliphatic carbocycles. The Morgan fingerprint density at radius 3 is 2.94 bits per heavy atom. The van der Waals surface area contributed by atoms with Crippen molar-refractivity contribution in [2.45, 2.75) is 26.8 Å². The number of aromatic carboxylic acids is 1. The van der Waals surface area contributed by atoms with Gasteiger partial charge in [-0.3, -0.25) is 0 Å². The maximum absolute atomic E-state index is 10.7. The predicted octanol–water partition coefficient (Wildman–Crippen LogP) is 1.80. The summed E-state index contributed by atoms with van der Waals surface area (Å²) in [4.78, 5) is 10.7. The average Bonchev–Trinajstić information content (AvgIpc) is 2.65. The van der Waals surface area contributed by atoms with Crippen molar-refractivity contribution in [3.8, 4) is 0 Å². The molecule has 0 aliphatic rings. The monoisotopic (exact) mass is 241 g/mol. The zero-order valence-corrected chi connectivity index (χ0v) is 10.3. The Hall–Kier alpha value is -1.33. The van der Waals surface area contributed by atoms with Gasteiger partial charge >= 0.3 is 5.97 Å². The highest BCUT2D eigenvalue weighted by Gasteiger charge is 2.12. The largest absolute Gasteiger partial charge is 0.475 e. The highest BCUT2D eigenvalue weighted by atomic mass is 16.5. The summed E-state index contributed by atoms with van der Waals surface area (Å²) >= 11 is 0. The lowest BCUT2D eigenvalue weighted by Crippen LogP contribution is -2.16. The van der Waals surface area contributed by atoms with Crippen LogP contribution < -0.4 is 5.32 Å². The number of ether oxygens (including phenoxy) is 1. The number of carboxylic acid groups (broad SMARTS) is 1. The number of hydrogen-bond acceptors (Lipinski definition) is 4. The van der Waals surface area contributed by atoms with Crippen LogP contribution in [0, 0.1) is 6.92 Å². The molecule has 0 radical (unpaired) electrons. The van der Waals surface area contributed by atoms with E-state index in [0.717, 1.165) is 31.7 Å². The molecule has 0 aliphatic heterocycles. The molecule has 1 aromatic rings. The topological polar surface area (TPSA) is 71.7 Å². The third-order valence-electron chi connectivity index (χ3n) is 2.39. The van der Waals surface area contributed by atoms with Crippen LogP contribution in [-0.4, -0.2) is 30.8 Å². The first-order valence-corrected chi connectivity index (χ1v) is 5.76. The number of carboxylic acids is 1. The van der Waals surface area contributed by atoms with E-state index >= 15 is 0 Å². The summed E-state index contributed by atoms with van der Waals surface area (Å²) in [6, 6.07) is 1.56. The predicted molar refractivity (Wildman–Crippen MR) is 63.2 cm³/mol. The van der Waals surface area contributed by atoms with Crippen LogP contribution in [0.25, 0.3) is 0 Å². The molecule has 0 saturated heterocycles. The van der Waals surface area contributed by atoms with Crippen molar-refractivity contribution in [1.82, 2.24) is 5.32 Å². The summed E-state index contributed by atoms with van der Waals surface area (Å²) in [5, 5.41) is 12.0. The summed E-state index contributed by atoms with van der Waals surface area (Å²) < 4.78 is 10.3. The van der Waals surface area contributed by atoms with E-state index in [1.165, 1.54) is 0 Å². The van der Waals surface area contributed by atoms with Gasteiger partial charge in [-0.1, -0.05) is 0 Å². The molecule has 0 bridgehead atoms. The number of carbonyl (C=O) groups is 1. The van der Waals surface area contributed by atoms with Gasteiger partial charge in [0.25, 0.3) is 0 Å². The van der Waals surface area contributed by atoms with Gasteiger partial charge in [-0.25, -0.2) is 4.79 Å². The molecule has 0 amide bonds. The number of aryl methyl sites for hydroxylation is 1. The van der Waals surface area contributed by atoms with E-state index in [2.05, 4.69) is 5.32 Å². The summed E-state index contributed by atoms with van der Waals surface area (Å²) in [7, 11) is 0. The molecule has 0 spiro atoms. The Kier molecular flexibility index (Phi) is 5.72. The first-order valence-electron chi connectivity index (χ1n) is 5.76. The second-order valence-electron chi connectivity index (χ2n) is 3.72. The second kappa shape index (κ2) is 7.09. The molecule has 5 nitrogen and oxygen atoms in total. The van der Waals surface area contributed by atoms with Crippen molar-refractivity contribution >= 4 is 5.97 Å². The lowest BCUT2D eigenvalue weighted by atomic mass is 10.2. The molecule has 0 saturated carbocycles. The molecule has 0 atom stereocenters.